The van der Waals surface area contributed by atoms with Gasteiger partial charge in [-0.15, -0.1) is 18.3 Å². The summed E-state index contributed by atoms with van der Waals surface area (Å²) < 4.78 is 33.8. The predicted molar refractivity (Wildman–Crippen MR) is 115 cm³/mol. The molecule has 0 spiro atoms. The minimum atomic E-state index is -3.75. The standard InChI is InChI=1S/C20H22N6O4S/c1-5-11-26(12-6-2)31(28,29)16-9-7-15(8-10-16)18(27)21-20-23-22-19(30-20)17-13-14(3)24-25(17)4/h5-10,13H,1-2,11-12H2,3-4H3,(H,21,23,27). The van der Waals surface area contributed by atoms with E-state index in [1.54, 1.807) is 17.8 Å². The fraction of sp³-hybridized carbons (Fsp3) is 0.200. The molecular formula is C20H22N6O4S. The van der Waals surface area contributed by atoms with Crippen LogP contribution in [0.4, 0.5) is 6.01 Å². The van der Waals surface area contributed by atoms with Crippen LogP contribution in [0.2, 0.25) is 0 Å². The molecule has 11 heteroatoms. The Morgan fingerprint density at radius 2 is 1.84 bits per heavy atom. The number of aryl methyl sites for hydroxylation is 2. The summed E-state index contributed by atoms with van der Waals surface area (Å²) in [6.07, 6.45) is 2.99. The molecule has 1 amide bonds. The summed E-state index contributed by atoms with van der Waals surface area (Å²) >= 11 is 0. The summed E-state index contributed by atoms with van der Waals surface area (Å²) in [7, 11) is -2.00. The molecule has 0 fully saturated rings. The summed E-state index contributed by atoms with van der Waals surface area (Å²) in [5.74, 6) is -0.307. The largest absolute Gasteiger partial charge is 0.401 e. The fourth-order valence-corrected chi connectivity index (χ4v) is 4.22. The Balaban J connectivity index is 1.74. The molecule has 0 aliphatic rings. The van der Waals surface area contributed by atoms with Crippen LogP contribution in [0.15, 0.2) is 65.0 Å². The van der Waals surface area contributed by atoms with Crippen LogP contribution < -0.4 is 5.32 Å². The zero-order valence-corrected chi connectivity index (χ0v) is 18.0. The van der Waals surface area contributed by atoms with Gasteiger partial charge in [0.25, 0.3) is 11.8 Å². The molecule has 0 radical (unpaired) electrons. The van der Waals surface area contributed by atoms with Crippen molar-refractivity contribution in [3.63, 3.8) is 0 Å². The van der Waals surface area contributed by atoms with Crippen LogP contribution in [-0.4, -0.2) is 51.7 Å². The van der Waals surface area contributed by atoms with E-state index in [-0.39, 0.29) is 35.5 Å². The molecule has 10 nitrogen and oxygen atoms in total. The highest BCUT2D eigenvalue weighted by atomic mass is 32.2. The van der Waals surface area contributed by atoms with Crippen molar-refractivity contribution in [2.75, 3.05) is 18.4 Å². The first-order chi connectivity index (χ1) is 14.8. The number of rotatable bonds is 9. The fourth-order valence-electron chi connectivity index (χ4n) is 2.84. The van der Waals surface area contributed by atoms with Gasteiger partial charge in [0.2, 0.25) is 10.0 Å². The zero-order chi connectivity index (χ0) is 22.6. The number of sulfonamides is 1. The molecule has 0 saturated heterocycles. The van der Waals surface area contributed by atoms with Crippen molar-refractivity contribution in [2.45, 2.75) is 11.8 Å². The summed E-state index contributed by atoms with van der Waals surface area (Å²) in [4.78, 5) is 12.5. The SMILES string of the molecule is C=CCN(CC=C)S(=O)(=O)c1ccc(C(=O)Nc2nnc(-c3cc(C)nn3C)o2)cc1. The summed E-state index contributed by atoms with van der Waals surface area (Å²) in [6, 6.07) is 7.23. The van der Waals surface area contributed by atoms with Crippen molar-refractivity contribution in [2.24, 2.45) is 7.05 Å². The summed E-state index contributed by atoms with van der Waals surface area (Å²) in [5, 5.41) is 14.4. The van der Waals surface area contributed by atoms with Crippen LogP contribution in [0.3, 0.4) is 0 Å². The van der Waals surface area contributed by atoms with Crippen LogP contribution in [0.5, 0.6) is 0 Å². The second kappa shape index (κ2) is 9.06. The molecule has 0 unspecified atom stereocenters. The third-order valence-corrected chi connectivity index (χ3v) is 6.13. The Kier molecular flexibility index (Phi) is 6.47. The van der Waals surface area contributed by atoms with Gasteiger partial charge in [-0.25, -0.2) is 8.42 Å². The van der Waals surface area contributed by atoms with Gasteiger partial charge in [0.15, 0.2) is 0 Å². The van der Waals surface area contributed by atoms with E-state index in [2.05, 4.69) is 33.8 Å². The van der Waals surface area contributed by atoms with Crippen molar-refractivity contribution in [3.8, 4) is 11.6 Å². The Morgan fingerprint density at radius 3 is 2.39 bits per heavy atom. The molecule has 2 aromatic heterocycles. The predicted octanol–water partition coefficient (Wildman–Crippen LogP) is 2.39. The minimum Gasteiger partial charge on any atom is -0.401 e. The van der Waals surface area contributed by atoms with Gasteiger partial charge >= 0.3 is 6.01 Å². The van der Waals surface area contributed by atoms with Crippen LogP contribution in [0, 0.1) is 6.92 Å². The Bertz CT molecular complexity index is 1200. The maximum atomic E-state index is 12.7. The van der Waals surface area contributed by atoms with Crippen molar-refractivity contribution >= 4 is 21.9 Å². The van der Waals surface area contributed by atoms with E-state index in [1.807, 2.05) is 6.92 Å². The maximum absolute atomic E-state index is 12.7. The average Bonchev–Trinajstić information content (AvgIpc) is 3.33. The number of benzene rings is 1. The second-order valence-corrected chi connectivity index (χ2v) is 8.52. The molecule has 3 aromatic rings. The van der Waals surface area contributed by atoms with Gasteiger partial charge in [-0.2, -0.15) is 9.40 Å². The van der Waals surface area contributed by atoms with Gasteiger partial charge < -0.3 is 4.42 Å². The van der Waals surface area contributed by atoms with Crippen LogP contribution in [-0.2, 0) is 17.1 Å². The molecule has 1 aromatic carbocycles. The first-order valence-corrected chi connectivity index (χ1v) is 10.7. The van der Waals surface area contributed by atoms with Crippen molar-refractivity contribution in [3.05, 3.63) is 66.9 Å². The van der Waals surface area contributed by atoms with E-state index in [0.29, 0.717) is 5.69 Å². The molecule has 162 valence electrons. The van der Waals surface area contributed by atoms with E-state index >= 15 is 0 Å². The number of carbonyl (C=O) groups is 1. The highest BCUT2D eigenvalue weighted by molar-refractivity contribution is 7.89. The van der Waals surface area contributed by atoms with Crippen molar-refractivity contribution in [1.82, 2.24) is 24.3 Å². The Morgan fingerprint density at radius 1 is 1.19 bits per heavy atom. The van der Waals surface area contributed by atoms with E-state index in [1.165, 1.54) is 40.7 Å². The third kappa shape index (κ3) is 4.78. The number of hydrogen-bond acceptors (Lipinski definition) is 7. The van der Waals surface area contributed by atoms with Gasteiger partial charge in [0, 0.05) is 25.7 Å². The zero-order valence-electron chi connectivity index (χ0n) is 17.1. The first kappa shape index (κ1) is 22.1. The van der Waals surface area contributed by atoms with Crippen molar-refractivity contribution in [1.29, 1.82) is 0 Å². The van der Waals surface area contributed by atoms with E-state index in [9.17, 15) is 13.2 Å². The highest BCUT2D eigenvalue weighted by Gasteiger charge is 2.23. The lowest BCUT2D eigenvalue weighted by Crippen LogP contribution is -2.31. The highest BCUT2D eigenvalue weighted by Crippen LogP contribution is 2.21. The lowest BCUT2D eigenvalue weighted by Gasteiger charge is -2.19. The molecule has 1 N–H and O–H groups in total. The monoisotopic (exact) mass is 442 g/mol. The quantitative estimate of drug-likeness (QED) is 0.505. The van der Waals surface area contributed by atoms with Gasteiger partial charge in [-0.05, 0) is 37.3 Å². The van der Waals surface area contributed by atoms with Gasteiger partial charge in [-0.1, -0.05) is 17.3 Å². The number of nitrogens with one attached hydrogen (secondary N) is 1. The van der Waals surface area contributed by atoms with E-state index in [0.717, 1.165) is 5.69 Å². The number of anilines is 1. The molecule has 0 bridgehead atoms. The molecule has 0 saturated carbocycles. The van der Waals surface area contributed by atoms with Crippen LogP contribution in [0.25, 0.3) is 11.6 Å². The molecule has 0 atom stereocenters. The molecule has 0 aliphatic carbocycles. The Labute approximate surface area is 179 Å². The number of aromatic nitrogens is 4. The number of carbonyl (C=O) groups excluding carboxylic acids is 1. The molecular weight excluding hydrogens is 420 g/mol. The minimum absolute atomic E-state index is 0.0550. The number of amides is 1. The molecule has 2 heterocycles. The van der Waals surface area contributed by atoms with Crippen molar-refractivity contribution < 1.29 is 17.6 Å². The normalized spacial score (nSPS) is 11.5. The second-order valence-electron chi connectivity index (χ2n) is 6.58. The first-order valence-electron chi connectivity index (χ1n) is 9.24. The third-order valence-electron chi connectivity index (χ3n) is 4.29. The molecule has 31 heavy (non-hydrogen) atoms. The molecule has 0 aliphatic heterocycles. The van der Waals surface area contributed by atoms with E-state index in [4.69, 9.17) is 4.42 Å². The maximum Gasteiger partial charge on any atom is 0.322 e. The number of hydrogen-bond donors (Lipinski definition) is 1. The van der Waals surface area contributed by atoms with E-state index < -0.39 is 15.9 Å². The van der Waals surface area contributed by atoms with Crippen LogP contribution >= 0.6 is 0 Å². The smallest absolute Gasteiger partial charge is 0.322 e. The van der Waals surface area contributed by atoms with Gasteiger partial charge in [-0.3, -0.25) is 14.8 Å². The number of nitrogens with zero attached hydrogens (tertiary/aromatic N) is 5. The Hall–Kier alpha value is -3.57. The van der Waals surface area contributed by atoms with Gasteiger partial charge in [0.1, 0.15) is 5.69 Å². The lowest BCUT2D eigenvalue weighted by molar-refractivity contribution is 0.102. The van der Waals surface area contributed by atoms with Crippen LogP contribution in [0.1, 0.15) is 16.1 Å². The summed E-state index contributed by atoms with van der Waals surface area (Å²) in [5.41, 5.74) is 1.63. The molecule has 3 rings (SSSR count). The lowest BCUT2D eigenvalue weighted by atomic mass is 10.2. The topological polar surface area (TPSA) is 123 Å². The van der Waals surface area contributed by atoms with Gasteiger partial charge in [0.05, 0.1) is 10.6 Å². The summed E-state index contributed by atoms with van der Waals surface area (Å²) in [6.45, 7) is 9.28. The average molecular weight is 443 g/mol.